The van der Waals surface area contributed by atoms with E-state index in [1.165, 1.54) is 34.6 Å². The number of anilines is 1. The number of carbonyl (C=O) groups excluding carboxylic acids is 1. The quantitative estimate of drug-likeness (QED) is 0.386. The molecule has 0 saturated carbocycles. The van der Waals surface area contributed by atoms with Gasteiger partial charge in [-0.2, -0.15) is 0 Å². The third kappa shape index (κ3) is 4.29. The highest BCUT2D eigenvalue weighted by Gasteiger charge is 2.25. The molecule has 2 aromatic heterocycles. The largest absolute Gasteiger partial charge is 0.497 e. The first-order valence-electron chi connectivity index (χ1n) is 9.37. The van der Waals surface area contributed by atoms with Crippen molar-refractivity contribution >= 4 is 22.4 Å². The van der Waals surface area contributed by atoms with Gasteiger partial charge in [0.2, 0.25) is 0 Å². The molecule has 0 bridgehead atoms. The molecule has 6 nitrogen and oxygen atoms in total. The van der Waals surface area contributed by atoms with E-state index in [1.54, 1.807) is 50.6 Å². The van der Waals surface area contributed by atoms with E-state index in [4.69, 9.17) is 13.9 Å². The highest BCUT2D eigenvalue weighted by atomic mass is 32.1. The lowest BCUT2D eigenvalue weighted by atomic mass is 10.1. The molecule has 0 fully saturated rings. The van der Waals surface area contributed by atoms with Crippen LogP contribution < -0.4 is 14.4 Å². The number of halogens is 1. The van der Waals surface area contributed by atoms with Crippen LogP contribution in [-0.4, -0.2) is 25.1 Å². The molecule has 0 aliphatic carbocycles. The SMILES string of the molecule is COc1ccc(OC)c(-c2csc(N(Cc3ccco3)C(=O)c3ccccc3F)n2)c1. The van der Waals surface area contributed by atoms with Gasteiger partial charge in [-0.15, -0.1) is 11.3 Å². The smallest absolute Gasteiger partial charge is 0.263 e. The number of amides is 1. The second-order valence-corrected chi connectivity index (χ2v) is 7.37. The molecule has 0 saturated heterocycles. The van der Waals surface area contributed by atoms with Gasteiger partial charge >= 0.3 is 0 Å². The summed E-state index contributed by atoms with van der Waals surface area (Å²) in [5.41, 5.74) is 1.30. The van der Waals surface area contributed by atoms with Crippen LogP contribution >= 0.6 is 11.3 Å². The van der Waals surface area contributed by atoms with Gasteiger partial charge in [0.25, 0.3) is 5.91 Å². The summed E-state index contributed by atoms with van der Waals surface area (Å²) in [6.45, 7) is 0.113. The molecule has 4 aromatic rings. The molecule has 0 N–H and O–H groups in total. The van der Waals surface area contributed by atoms with E-state index < -0.39 is 11.7 Å². The van der Waals surface area contributed by atoms with Crippen LogP contribution in [0.3, 0.4) is 0 Å². The standard InChI is InChI=1S/C23H19FN2O4S/c1-28-15-9-10-21(29-2)18(12-15)20-14-31-23(25-20)26(13-16-6-5-11-30-16)22(27)17-7-3-4-8-19(17)24/h3-12,14H,13H2,1-2H3. The monoisotopic (exact) mass is 438 g/mol. The van der Waals surface area contributed by atoms with Crippen molar-refractivity contribution in [3.05, 3.63) is 83.4 Å². The van der Waals surface area contributed by atoms with Crippen molar-refractivity contribution in [2.24, 2.45) is 0 Å². The molecule has 158 valence electrons. The number of benzene rings is 2. The van der Waals surface area contributed by atoms with Crippen LogP contribution in [0.25, 0.3) is 11.3 Å². The second kappa shape index (κ2) is 9.01. The van der Waals surface area contributed by atoms with E-state index in [9.17, 15) is 9.18 Å². The predicted octanol–water partition coefficient (Wildman–Crippen LogP) is 5.41. The fourth-order valence-corrected chi connectivity index (χ4v) is 3.91. The summed E-state index contributed by atoms with van der Waals surface area (Å²) < 4.78 is 30.5. The average Bonchev–Trinajstić information content (AvgIpc) is 3.49. The Balaban J connectivity index is 1.74. The van der Waals surface area contributed by atoms with Gasteiger partial charge in [-0.25, -0.2) is 9.37 Å². The number of rotatable bonds is 7. The van der Waals surface area contributed by atoms with Crippen LogP contribution in [0.4, 0.5) is 9.52 Å². The van der Waals surface area contributed by atoms with E-state index in [-0.39, 0.29) is 12.1 Å². The molecule has 8 heteroatoms. The topological polar surface area (TPSA) is 64.8 Å². The molecular weight excluding hydrogens is 419 g/mol. The number of nitrogens with zero attached hydrogens (tertiary/aromatic N) is 2. The summed E-state index contributed by atoms with van der Waals surface area (Å²) in [5, 5.41) is 2.22. The van der Waals surface area contributed by atoms with Crippen molar-refractivity contribution in [2.45, 2.75) is 6.54 Å². The molecule has 0 aliphatic rings. The second-order valence-electron chi connectivity index (χ2n) is 6.53. The van der Waals surface area contributed by atoms with Gasteiger partial charge in [0.1, 0.15) is 23.1 Å². The lowest BCUT2D eigenvalue weighted by Gasteiger charge is -2.19. The van der Waals surface area contributed by atoms with E-state index in [1.807, 2.05) is 11.4 Å². The minimum absolute atomic E-state index is 0.0373. The van der Waals surface area contributed by atoms with Crippen LogP contribution in [0.5, 0.6) is 11.5 Å². The molecule has 2 heterocycles. The number of thiazole rings is 1. The fourth-order valence-electron chi connectivity index (χ4n) is 3.09. The molecule has 0 atom stereocenters. The van der Waals surface area contributed by atoms with Crippen molar-refractivity contribution in [2.75, 3.05) is 19.1 Å². The molecule has 2 aromatic carbocycles. The minimum Gasteiger partial charge on any atom is -0.497 e. The van der Waals surface area contributed by atoms with E-state index >= 15 is 0 Å². The number of furan rings is 1. The lowest BCUT2D eigenvalue weighted by Crippen LogP contribution is -2.30. The molecular formula is C23H19FN2O4S. The van der Waals surface area contributed by atoms with Crippen LogP contribution in [0, 0.1) is 5.82 Å². The molecule has 0 radical (unpaired) electrons. The molecule has 0 aliphatic heterocycles. The van der Waals surface area contributed by atoms with Crippen LogP contribution in [0.1, 0.15) is 16.1 Å². The van der Waals surface area contributed by atoms with Crippen molar-refractivity contribution in [1.29, 1.82) is 0 Å². The van der Waals surface area contributed by atoms with Crippen molar-refractivity contribution in [3.8, 4) is 22.8 Å². The molecule has 0 unspecified atom stereocenters. The van der Waals surface area contributed by atoms with Gasteiger partial charge in [-0.1, -0.05) is 12.1 Å². The number of carbonyl (C=O) groups is 1. The zero-order valence-electron chi connectivity index (χ0n) is 16.9. The van der Waals surface area contributed by atoms with E-state index in [2.05, 4.69) is 4.98 Å². The van der Waals surface area contributed by atoms with Crippen molar-refractivity contribution < 1.29 is 23.1 Å². The Kier molecular flexibility index (Phi) is 5.99. The van der Waals surface area contributed by atoms with Gasteiger partial charge in [0.15, 0.2) is 5.13 Å². The normalized spacial score (nSPS) is 10.7. The zero-order chi connectivity index (χ0) is 21.8. The minimum atomic E-state index is -0.594. The zero-order valence-corrected chi connectivity index (χ0v) is 17.7. The molecule has 1 amide bonds. The maximum atomic E-state index is 14.3. The van der Waals surface area contributed by atoms with Crippen LogP contribution in [-0.2, 0) is 6.54 Å². The first-order valence-corrected chi connectivity index (χ1v) is 10.3. The molecule has 4 rings (SSSR count). The third-order valence-corrected chi connectivity index (χ3v) is 5.51. The molecule has 0 spiro atoms. The Morgan fingerprint density at radius 1 is 1.13 bits per heavy atom. The Labute approximate surface area is 182 Å². The van der Waals surface area contributed by atoms with Crippen molar-refractivity contribution in [3.63, 3.8) is 0 Å². The summed E-state index contributed by atoms with van der Waals surface area (Å²) in [5.74, 6) is 0.729. The van der Waals surface area contributed by atoms with Gasteiger partial charge < -0.3 is 13.9 Å². The lowest BCUT2D eigenvalue weighted by molar-refractivity contribution is 0.0979. The summed E-state index contributed by atoms with van der Waals surface area (Å²) in [6.07, 6.45) is 1.52. The number of aromatic nitrogens is 1. The maximum Gasteiger partial charge on any atom is 0.263 e. The first kappa shape index (κ1) is 20.6. The number of hydrogen-bond donors (Lipinski definition) is 0. The highest BCUT2D eigenvalue weighted by Crippen LogP contribution is 2.36. The van der Waals surface area contributed by atoms with Gasteiger partial charge in [0, 0.05) is 10.9 Å². The van der Waals surface area contributed by atoms with E-state index in [0.717, 1.165) is 5.56 Å². The van der Waals surface area contributed by atoms with Crippen LogP contribution in [0.15, 0.2) is 70.7 Å². The Morgan fingerprint density at radius 2 is 1.97 bits per heavy atom. The summed E-state index contributed by atoms with van der Waals surface area (Å²) in [4.78, 5) is 19.3. The highest BCUT2D eigenvalue weighted by molar-refractivity contribution is 7.14. The number of methoxy groups -OCH3 is 2. The summed E-state index contributed by atoms with van der Waals surface area (Å²) >= 11 is 1.27. The Hall–Kier alpha value is -3.65. The summed E-state index contributed by atoms with van der Waals surface area (Å²) in [7, 11) is 3.15. The van der Waals surface area contributed by atoms with E-state index in [0.29, 0.717) is 28.1 Å². The Bertz CT molecular complexity index is 1190. The van der Waals surface area contributed by atoms with Gasteiger partial charge in [-0.3, -0.25) is 9.69 Å². The third-order valence-electron chi connectivity index (χ3n) is 4.65. The van der Waals surface area contributed by atoms with Gasteiger partial charge in [0.05, 0.1) is 38.3 Å². The number of ether oxygens (including phenoxy) is 2. The van der Waals surface area contributed by atoms with Crippen LogP contribution in [0.2, 0.25) is 0 Å². The molecule has 31 heavy (non-hydrogen) atoms. The average molecular weight is 438 g/mol. The Morgan fingerprint density at radius 3 is 2.68 bits per heavy atom. The first-order chi connectivity index (χ1) is 15.1. The fraction of sp³-hybridized carbons (Fsp3) is 0.130. The maximum absolute atomic E-state index is 14.3. The van der Waals surface area contributed by atoms with Gasteiger partial charge in [-0.05, 0) is 42.5 Å². The summed E-state index contributed by atoms with van der Waals surface area (Å²) in [6, 6.07) is 14.7. The predicted molar refractivity (Wildman–Crippen MR) is 116 cm³/mol. The van der Waals surface area contributed by atoms with Crippen molar-refractivity contribution in [1.82, 2.24) is 4.98 Å². The number of hydrogen-bond acceptors (Lipinski definition) is 6.